The van der Waals surface area contributed by atoms with Crippen LogP contribution in [0.3, 0.4) is 0 Å². The van der Waals surface area contributed by atoms with Crippen molar-refractivity contribution < 1.29 is 4.39 Å². The quantitative estimate of drug-likeness (QED) is 0.491. The third kappa shape index (κ3) is 1.94. The molecule has 0 fully saturated rings. The fraction of sp³-hybridized carbons (Fsp3) is 0.125. The lowest BCUT2D eigenvalue weighted by atomic mass is 10.2. The van der Waals surface area contributed by atoms with Crippen molar-refractivity contribution in [2.24, 2.45) is 0 Å². The molecule has 1 rings (SSSR count). The molecule has 0 heterocycles. The van der Waals surface area contributed by atoms with Crippen LogP contribution >= 0.6 is 0 Å². The summed E-state index contributed by atoms with van der Waals surface area (Å²) in [4.78, 5) is 0. The highest BCUT2D eigenvalue weighted by atomic mass is 19.1. The van der Waals surface area contributed by atoms with Crippen LogP contribution in [0.15, 0.2) is 18.2 Å². The summed E-state index contributed by atoms with van der Waals surface area (Å²) in [6.07, 6.45) is 1.72. The zero-order valence-corrected chi connectivity index (χ0v) is 6.06. The smallest absolute Gasteiger partial charge is 0.181 e. The molecule has 11 heavy (non-hydrogen) atoms. The summed E-state index contributed by atoms with van der Waals surface area (Å²) in [7, 11) is 0. The van der Waals surface area contributed by atoms with E-state index in [0.717, 1.165) is 5.56 Å². The van der Waals surface area contributed by atoms with E-state index in [0.29, 0.717) is 5.69 Å². The number of aryl methyl sites for hydroxylation is 1. The Morgan fingerprint density at radius 3 is 2.73 bits per heavy atom. The van der Waals surface area contributed by atoms with E-state index in [2.05, 4.69) is 5.32 Å². The maximum Gasteiger partial charge on any atom is 0.181 e. The van der Waals surface area contributed by atoms with Gasteiger partial charge in [-0.05, 0) is 30.7 Å². The Morgan fingerprint density at radius 2 is 2.18 bits per heavy atom. The first-order valence-corrected chi connectivity index (χ1v) is 3.14. The molecule has 0 atom stereocenters. The zero-order valence-electron chi connectivity index (χ0n) is 6.06. The van der Waals surface area contributed by atoms with Gasteiger partial charge in [0, 0.05) is 0 Å². The van der Waals surface area contributed by atoms with Gasteiger partial charge in [0.15, 0.2) is 6.19 Å². The maximum absolute atomic E-state index is 12.6. The van der Waals surface area contributed by atoms with Crippen LogP contribution in [-0.4, -0.2) is 0 Å². The van der Waals surface area contributed by atoms with Gasteiger partial charge >= 0.3 is 0 Å². The largest absolute Gasteiger partial charge is 0.293 e. The van der Waals surface area contributed by atoms with Crippen LogP contribution in [0.5, 0.6) is 0 Å². The lowest BCUT2D eigenvalue weighted by Gasteiger charge is -1.98. The van der Waals surface area contributed by atoms with E-state index in [1.807, 2.05) is 0 Å². The van der Waals surface area contributed by atoms with Crippen molar-refractivity contribution in [1.82, 2.24) is 0 Å². The maximum atomic E-state index is 12.6. The number of nitrogens with one attached hydrogen (secondary N) is 1. The van der Waals surface area contributed by atoms with Crippen molar-refractivity contribution in [3.05, 3.63) is 29.6 Å². The van der Waals surface area contributed by atoms with E-state index in [-0.39, 0.29) is 5.82 Å². The van der Waals surface area contributed by atoms with Crippen molar-refractivity contribution in [1.29, 1.82) is 5.26 Å². The van der Waals surface area contributed by atoms with E-state index in [1.54, 1.807) is 19.2 Å². The molecular formula is C8H7FN2. The Bertz CT molecular complexity index is 281. The molecule has 0 bridgehead atoms. The normalized spacial score (nSPS) is 8.82. The Hall–Kier alpha value is -1.56. The summed E-state index contributed by atoms with van der Waals surface area (Å²) in [5.41, 5.74) is 1.28. The number of halogens is 1. The monoisotopic (exact) mass is 150 g/mol. The lowest BCUT2D eigenvalue weighted by molar-refractivity contribution is 0.627. The molecule has 1 N–H and O–H groups in total. The first kappa shape index (κ1) is 7.55. The summed E-state index contributed by atoms with van der Waals surface area (Å²) in [5, 5.41) is 10.6. The fourth-order valence-electron chi connectivity index (χ4n) is 0.873. The molecule has 1 aromatic carbocycles. The zero-order chi connectivity index (χ0) is 8.27. The first-order valence-electron chi connectivity index (χ1n) is 3.14. The average Bonchev–Trinajstić information content (AvgIpc) is 1.85. The van der Waals surface area contributed by atoms with Crippen LogP contribution in [-0.2, 0) is 0 Å². The Balaban J connectivity index is 3.01. The second-order valence-corrected chi connectivity index (χ2v) is 2.25. The van der Waals surface area contributed by atoms with Gasteiger partial charge in [-0.2, -0.15) is 5.26 Å². The average molecular weight is 150 g/mol. The molecule has 0 radical (unpaired) electrons. The summed E-state index contributed by atoms with van der Waals surface area (Å²) in [5.74, 6) is -0.331. The minimum atomic E-state index is -0.331. The molecule has 2 nitrogen and oxygen atoms in total. The van der Waals surface area contributed by atoms with Gasteiger partial charge in [-0.3, -0.25) is 5.32 Å². The molecule has 0 aliphatic heterocycles. The van der Waals surface area contributed by atoms with Crippen LogP contribution in [0.2, 0.25) is 0 Å². The van der Waals surface area contributed by atoms with Crippen molar-refractivity contribution in [2.75, 3.05) is 5.32 Å². The predicted molar refractivity (Wildman–Crippen MR) is 40.4 cm³/mol. The number of nitriles is 1. The van der Waals surface area contributed by atoms with E-state index in [9.17, 15) is 4.39 Å². The summed E-state index contributed by atoms with van der Waals surface area (Å²) in [6, 6.07) is 4.38. The van der Waals surface area contributed by atoms with E-state index < -0.39 is 0 Å². The van der Waals surface area contributed by atoms with Crippen molar-refractivity contribution in [3.63, 3.8) is 0 Å². The minimum absolute atomic E-state index is 0.331. The minimum Gasteiger partial charge on any atom is -0.293 e. The summed E-state index contributed by atoms with van der Waals surface area (Å²) >= 11 is 0. The Labute approximate surface area is 64.3 Å². The number of benzene rings is 1. The van der Waals surface area contributed by atoms with E-state index in [4.69, 9.17) is 5.26 Å². The van der Waals surface area contributed by atoms with Crippen molar-refractivity contribution in [2.45, 2.75) is 6.92 Å². The van der Waals surface area contributed by atoms with Gasteiger partial charge < -0.3 is 0 Å². The summed E-state index contributed by atoms with van der Waals surface area (Å²) in [6.45, 7) is 1.77. The molecule has 0 saturated heterocycles. The number of nitrogens with zero attached hydrogens (tertiary/aromatic N) is 1. The molecule has 56 valence electrons. The predicted octanol–water partition coefficient (Wildman–Crippen LogP) is 2.03. The van der Waals surface area contributed by atoms with Gasteiger partial charge in [-0.1, -0.05) is 0 Å². The van der Waals surface area contributed by atoms with Gasteiger partial charge in [-0.15, -0.1) is 0 Å². The molecule has 3 heteroatoms. The second kappa shape index (κ2) is 3.02. The molecule has 0 aliphatic carbocycles. The lowest BCUT2D eigenvalue weighted by Crippen LogP contribution is -1.89. The third-order valence-electron chi connectivity index (χ3n) is 1.24. The number of hydrogen-bond donors (Lipinski definition) is 1. The van der Waals surface area contributed by atoms with E-state index in [1.165, 1.54) is 12.1 Å². The Kier molecular flexibility index (Phi) is 2.07. The fourth-order valence-corrected chi connectivity index (χ4v) is 0.873. The number of rotatable bonds is 1. The first-order chi connectivity index (χ1) is 5.22. The van der Waals surface area contributed by atoms with Crippen LogP contribution in [0.4, 0.5) is 10.1 Å². The van der Waals surface area contributed by atoms with Gasteiger partial charge in [0.2, 0.25) is 0 Å². The van der Waals surface area contributed by atoms with Gasteiger partial charge in [-0.25, -0.2) is 4.39 Å². The highest BCUT2D eigenvalue weighted by molar-refractivity contribution is 5.48. The summed E-state index contributed by atoms with van der Waals surface area (Å²) < 4.78 is 12.6. The molecule has 0 spiro atoms. The molecule has 1 aromatic rings. The molecule has 0 amide bonds. The van der Waals surface area contributed by atoms with Gasteiger partial charge in [0.1, 0.15) is 5.82 Å². The highest BCUT2D eigenvalue weighted by Gasteiger charge is 1.95. The van der Waals surface area contributed by atoms with Crippen LogP contribution in [0.1, 0.15) is 5.56 Å². The molecule has 0 aliphatic rings. The molecule has 0 unspecified atom stereocenters. The van der Waals surface area contributed by atoms with Crippen molar-refractivity contribution >= 4 is 5.69 Å². The molecule has 0 aromatic heterocycles. The van der Waals surface area contributed by atoms with Crippen LogP contribution in [0.25, 0.3) is 0 Å². The SMILES string of the molecule is Cc1cc(F)cc(NC#N)c1. The van der Waals surface area contributed by atoms with Crippen LogP contribution in [0, 0.1) is 24.2 Å². The highest BCUT2D eigenvalue weighted by Crippen LogP contribution is 2.12. The Morgan fingerprint density at radius 1 is 1.45 bits per heavy atom. The second-order valence-electron chi connectivity index (χ2n) is 2.25. The van der Waals surface area contributed by atoms with Crippen LogP contribution < -0.4 is 5.32 Å². The van der Waals surface area contributed by atoms with Crippen molar-refractivity contribution in [3.8, 4) is 6.19 Å². The number of hydrogen-bond acceptors (Lipinski definition) is 2. The third-order valence-corrected chi connectivity index (χ3v) is 1.24. The molecular weight excluding hydrogens is 143 g/mol. The topological polar surface area (TPSA) is 35.8 Å². The standard InChI is InChI=1S/C8H7FN2/c1-6-2-7(9)4-8(3-6)11-5-10/h2-4,11H,1H3. The number of anilines is 1. The molecule has 0 saturated carbocycles. The van der Waals surface area contributed by atoms with E-state index >= 15 is 0 Å². The van der Waals surface area contributed by atoms with Gasteiger partial charge in [0.25, 0.3) is 0 Å². The van der Waals surface area contributed by atoms with Gasteiger partial charge in [0.05, 0.1) is 5.69 Å².